The predicted octanol–water partition coefficient (Wildman–Crippen LogP) is 3.45. The molecule has 1 N–H and O–H groups in total. The van der Waals surface area contributed by atoms with E-state index in [2.05, 4.69) is 15.0 Å². The Morgan fingerprint density at radius 2 is 1.94 bits per heavy atom. The van der Waals surface area contributed by atoms with Crippen LogP contribution in [0.15, 0.2) is 41.3 Å². The molecule has 1 fully saturated rings. The molecule has 0 saturated carbocycles. The van der Waals surface area contributed by atoms with Crippen LogP contribution in [0.1, 0.15) is 30.1 Å². The van der Waals surface area contributed by atoms with E-state index in [1.807, 2.05) is 0 Å². The molecule has 1 aliphatic heterocycles. The van der Waals surface area contributed by atoms with Gasteiger partial charge in [-0.05, 0) is 37.6 Å². The van der Waals surface area contributed by atoms with Crippen molar-refractivity contribution in [2.45, 2.75) is 32.2 Å². The molecule has 1 atom stereocenters. The van der Waals surface area contributed by atoms with Crippen molar-refractivity contribution in [1.29, 1.82) is 0 Å². The smallest absolute Gasteiger partial charge is 0.347 e. The molecule has 3 heterocycles. The molecule has 3 aromatic rings. The third-order valence-electron chi connectivity index (χ3n) is 5.47. The fourth-order valence-electron chi connectivity index (χ4n) is 3.82. The average molecular weight is 510 g/mol. The van der Waals surface area contributed by atoms with E-state index in [1.165, 1.54) is 24.0 Å². The Kier molecular flexibility index (Phi) is 6.76. The summed E-state index contributed by atoms with van der Waals surface area (Å²) in [6.07, 6.45) is -3.02. The molecule has 0 spiro atoms. The van der Waals surface area contributed by atoms with Gasteiger partial charge in [-0.25, -0.2) is 13.8 Å². The first-order valence-electron chi connectivity index (χ1n) is 10.8. The second kappa shape index (κ2) is 9.64. The molecule has 4 rings (SSSR count). The van der Waals surface area contributed by atoms with Gasteiger partial charge in [0, 0.05) is 25.2 Å². The Balaban J connectivity index is 1.82. The third kappa shape index (κ3) is 5.20. The molecule has 0 aliphatic carbocycles. The van der Waals surface area contributed by atoms with Crippen LogP contribution in [0.4, 0.5) is 27.8 Å². The van der Waals surface area contributed by atoms with Gasteiger partial charge in [0.2, 0.25) is 11.3 Å². The minimum absolute atomic E-state index is 0.104. The predicted molar refractivity (Wildman–Crippen MR) is 118 cm³/mol. The van der Waals surface area contributed by atoms with Gasteiger partial charge >= 0.3 is 6.36 Å². The summed E-state index contributed by atoms with van der Waals surface area (Å²) in [4.78, 5) is 43.9. The second-order valence-corrected chi connectivity index (χ2v) is 8.16. The molecule has 1 unspecified atom stereocenters. The first-order valence-corrected chi connectivity index (χ1v) is 10.8. The van der Waals surface area contributed by atoms with Gasteiger partial charge in [0.25, 0.3) is 5.91 Å². The molecule has 0 radical (unpaired) electrons. The van der Waals surface area contributed by atoms with Gasteiger partial charge in [-0.15, -0.1) is 13.2 Å². The molecular formula is C23H19F5N4O4. The van der Waals surface area contributed by atoms with Crippen molar-refractivity contribution in [2.24, 2.45) is 0 Å². The van der Waals surface area contributed by atoms with Gasteiger partial charge in [0.15, 0.2) is 5.65 Å². The number of nitrogens with one attached hydrogen (secondary N) is 1. The molecule has 8 nitrogen and oxygen atoms in total. The van der Waals surface area contributed by atoms with E-state index in [0.29, 0.717) is 25.5 Å². The summed E-state index contributed by atoms with van der Waals surface area (Å²) in [5.74, 6) is -2.90. The van der Waals surface area contributed by atoms with Crippen LogP contribution >= 0.6 is 0 Å². The van der Waals surface area contributed by atoms with Gasteiger partial charge in [-0.2, -0.15) is 0 Å². The fourth-order valence-corrected chi connectivity index (χ4v) is 3.82. The average Bonchev–Trinajstić information content (AvgIpc) is 3.23. The molecule has 1 saturated heterocycles. The molecule has 13 heteroatoms. The zero-order valence-corrected chi connectivity index (χ0v) is 18.7. The van der Waals surface area contributed by atoms with Crippen LogP contribution in [0.25, 0.3) is 16.7 Å². The number of hydrogen-bond donors (Lipinski definition) is 1. The van der Waals surface area contributed by atoms with E-state index in [4.69, 9.17) is 0 Å². The number of amides is 2. The van der Waals surface area contributed by atoms with Crippen molar-refractivity contribution in [2.75, 3.05) is 18.1 Å². The van der Waals surface area contributed by atoms with E-state index in [9.17, 15) is 36.3 Å². The molecule has 0 bridgehead atoms. The zero-order valence-electron chi connectivity index (χ0n) is 18.7. The Hall–Kier alpha value is -3.87. The quantitative estimate of drug-likeness (QED) is 0.513. The molecule has 1 aromatic carbocycles. The summed E-state index contributed by atoms with van der Waals surface area (Å²) < 4.78 is 70.0. The van der Waals surface area contributed by atoms with Crippen LogP contribution in [0, 0.1) is 11.6 Å². The van der Waals surface area contributed by atoms with Gasteiger partial charge in [0.1, 0.15) is 23.0 Å². The summed E-state index contributed by atoms with van der Waals surface area (Å²) in [5.41, 5.74) is -1.69. The molecule has 36 heavy (non-hydrogen) atoms. The van der Waals surface area contributed by atoms with Crippen molar-refractivity contribution in [3.05, 3.63) is 63.9 Å². The lowest BCUT2D eigenvalue weighted by molar-refractivity contribution is -0.325. The molecular weight excluding hydrogens is 491 g/mol. The maximum Gasteiger partial charge on any atom is 0.522 e. The summed E-state index contributed by atoms with van der Waals surface area (Å²) in [5, 5.41) is 2.11. The minimum atomic E-state index is -4.91. The highest BCUT2D eigenvalue weighted by Gasteiger charge is 2.30. The number of aromatic nitrogens is 2. The Morgan fingerprint density at radius 3 is 2.58 bits per heavy atom. The number of halogens is 5. The third-order valence-corrected chi connectivity index (χ3v) is 5.47. The highest BCUT2D eigenvalue weighted by atomic mass is 19.4. The van der Waals surface area contributed by atoms with Crippen LogP contribution in [0.5, 0.6) is 0 Å². The van der Waals surface area contributed by atoms with Crippen molar-refractivity contribution < 1.29 is 36.3 Å². The number of carbonyl (C=O) groups is 2. The molecule has 190 valence electrons. The number of nitrogens with zero attached hydrogens (tertiary/aromatic N) is 3. The van der Waals surface area contributed by atoms with Gasteiger partial charge in [-0.3, -0.25) is 28.6 Å². The lowest BCUT2D eigenvalue weighted by atomic mass is 10.1. The van der Waals surface area contributed by atoms with Gasteiger partial charge in [0.05, 0.1) is 23.7 Å². The summed E-state index contributed by atoms with van der Waals surface area (Å²) in [7, 11) is 0. The van der Waals surface area contributed by atoms with Gasteiger partial charge < -0.3 is 5.32 Å². The first-order chi connectivity index (χ1) is 16.9. The van der Waals surface area contributed by atoms with E-state index in [1.54, 1.807) is 0 Å². The van der Waals surface area contributed by atoms with Crippen LogP contribution in [-0.2, 0) is 9.53 Å². The minimum Gasteiger partial charge on any atom is -0.347 e. The van der Waals surface area contributed by atoms with Crippen molar-refractivity contribution in [3.8, 4) is 5.69 Å². The first kappa shape index (κ1) is 25.2. The lowest BCUT2D eigenvalue weighted by Gasteiger charge is -2.19. The second-order valence-electron chi connectivity index (χ2n) is 8.16. The highest BCUT2D eigenvalue weighted by Crippen LogP contribution is 2.25. The normalized spacial score (nSPS) is 14.9. The number of benzene rings is 1. The van der Waals surface area contributed by atoms with Crippen LogP contribution in [-0.4, -0.2) is 46.9 Å². The monoisotopic (exact) mass is 510 g/mol. The molecule has 2 amide bonds. The van der Waals surface area contributed by atoms with E-state index >= 15 is 0 Å². The van der Waals surface area contributed by atoms with E-state index < -0.39 is 47.5 Å². The summed E-state index contributed by atoms with van der Waals surface area (Å²) >= 11 is 0. The summed E-state index contributed by atoms with van der Waals surface area (Å²) in [6.45, 7) is 0.729. The van der Waals surface area contributed by atoms with E-state index in [-0.39, 0.29) is 28.4 Å². The zero-order chi connectivity index (χ0) is 26.2. The number of rotatable bonds is 6. The van der Waals surface area contributed by atoms with Crippen LogP contribution in [0.3, 0.4) is 0 Å². The number of ether oxygens (including phenoxy) is 1. The van der Waals surface area contributed by atoms with Gasteiger partial charge in [-0.1, -0.05) is 0 Å². The maximum atomic E-state index is 14.7. The van der Waals surface area contributed by atoms with Crippen molar-refractivity contribution in [1.82, 2.24) is 14.9 Å². The number of anilines is 1. The van der Waals surface area contributed by atoms with Crippen LogP contribution in [0.2, 0.25) is 0 Å². The van der Waals surface area contributed by atoms with E-state index in [0.717, 1.165) is 22.9 Å². The maximum absolute atomic E-state index is 14.7. The Morgan fingerprint density at radius 1 is 1.19 bits per heavy atom. The highest BCUT2D eigenvalue weighted by molar-refractivity contribution is 5.98. The van der Waals surface area contributed by atoms with Crippen molar-refractivity contribution in [3.63, 3.8) is 0 Å². The van der Waals surface area contributed by atoms with Crippen molar-refractivity contribution >= 4 is 28.7 Å². The summed E-state index contributed by atoms with van der Waals surface area (Å²) in [6, 6.07) is 4.23. The fraction of sp³-hybridized carbons (Fsp3) is 0.304. The number of hydrogen-bond acceptors (Lipinski definition) is 5. The Bertz CT molecular complexity index is 1410. The lowest BCUT2D eigenvalue weighted by Crippen LogP contribution is -2.39. The Labute approximate surface area is 200 Å². The standard InChI is InChI=1S/C23H19F5N4O4/c1-12(11-36-23(26,27)28)29-22(35)15-10-32(17-6-4-13(24)9-16(17)25)21-14(20(15)34)5-7-18(30-21)31-8-2-3-19(31)33/h4-7,9-10,12H,2-3,8,11H2,1H3,(H,29,35). The number of fused-ring (bicyclic) bond motifs is 1. The SMILES string of the molecule is CC(COC(F)(F)F)NC(=O)c1cn(-c2ccc(F)cc2F)c2nc(N3CCCC3=O)ccc2c1=O. The number of alkyl halides is 3. The molecule has 2 aromatic heterocycles. The largest absolute Gasteiger partial charge is 0.522 e. The topological polar surface area (TPSA) is 93.5 Å². The number of pyridine rings is 2. The number of carbonyl (C=O) groups excluding carboxylic acids is 2. The molecule has 1 aliphatic rings. The van der Waals surface area contributed by atoms with Crippen LogP contribution < -0.4 is 15.6 Å².